The van der Waals surface area contributed by atoms with Crippen molar-refractivity contribution in [3.63, 3.8) is 0 Å². The third kappa shape index (κ3) is 38.6. The molecule has 0 N–H and O–H groups in total. The van der Waals surface area contributed by atoms with Crippen molar-refractivity contribution in [1.29, 1.82) is 0 Å². The van der Waals surface area contributed by atoms with E-state index in [1.807, 2.05) is 179 Å². The van der Waals surface area contributed by atoms with E-state index in [0.29, 0.717) is 0 Å². The predicted molar refractivity (Wildman–Crippen MR) is 608 cm³/mol. The van der Waals surface area contributed by atoms with E-state index in [1.54, 1.807) is 12.2 Å². The smallest absolute Gasteiger partial charge is 0.185 e. The van der Waals surface area contributed by atoms with Gasteiger partial charge in [0.15, 0.2) is 11.6 Å². The number of aryl methyl sites for hydroxylation is 24. The van der Waals surface area contributed by atoms with Crippen LogP contribution in [0.25, 0.3) is 60.8 Å². The number of carbonyl (C=O) groups excluding carboxylic acids is 2. The molecular weight excluding hydrogens is 1700 g/mol. The molecule has 0 aromatic heterocycles. The summed E-state index contributed by atoms with van der Waals surface area (Å²) in [5.41, 5.74) is 47.7. The third-order valence-corrected chi connectivity index (χ3v) is 24.0. The number of hydrogen-bond donors (Lipinski definition) is 0. The van der Waals surface area contributed by atoms with Crippen molar-refractivity contribution in [3.8, 4) is 0 Å². The van der Waals surface area contributed by atoms with Gasteiger partial charge in [-0.15, -0.1) is 0 Å². The molecule has 708 valence electrons. The van der Waals surface area contributed by atoms with Gasteiger partial charge in [0, 0.05) is 11.1 Å². The largest absolute Gasteiger partial charge is 0.289 e. The summed E-state index contributed by atoms with van der Waals surface area (Å²) in [4.78, 5) is 24.1. The van der Waals surface area contributed by atoms with E-state index in [0.717, 1.165) is 61.7 Å². The van der Waals surface area contributed by atoms with Crippen LogP contribution in [0.3, 0.4) is 0 Å². The van der Waals surface area contributed by atoms with Gasteiger partial charge >= 0.3 is 0 Å². The molecule has 6 nitrogen and oxygen atoms in total. The zero-order valence-electron chi connectivity index (χ0n) is 86.9. The predicted octanol–water partition coefficient (Wildman–Crippen LogP) is 38.2. The molecule has 0 aliphatic carbocycles. The Balaban J connectivity index is 0.000000179. The minimum Gasteiger partial charge on any atom is -0.289 e. The first-order chi connectivity index (χ1) is 67.0. The van der Waals surface area contributed by atoms with Gasteiger partial charge in [-0.1, -0.05) is 419 Å². The van der Waals surface area contributed by atoms with Crippen LogP contribution in [0.2, 0.25) is 0 Å². The number of ketones is 2. The van der Waals surface area contributed by atoms with Crippen LogP contribution in [0.5, 0.6) is 0 Å². The molecule has 0 unspecified atom stereocenters. The van der Waals surface area contributed by atoms with Crippen LogP contribution < -0.4 is 0 Å². The summed E-state index contributed by atoms with van der Waals surface area (Å²) in [7, 11) is 0. The summed E-state index contributed by atoms with van der Waals surface area (Å²) in [6.07, 6.45) is 24.3. The van der Waals surface area contributed by atoms with E-state index in [4.69, 9.17) is 0 Å². The summed E-state index contributed by atoms with van der Waals surface area (Å²) >= 11 is 0. The van der Waals surface area contributed by atoms with Crippen LogP contribution >= 0.6 is 0 Å². The van der Waals surface area contributed by atoms with E-state index in [-0.39, 0.29) is 11.6 Å². The molecule has 0 fully saturated rings. The SMILES string of the molecule is Cc1ccc(C(=O)C=Cc2ccc(C)cc2C)cc1.Cc1ccc(C=CC(=O)c2ccc(C)c(C)c2)cc1.Cc1ccc(C=Cc2ccc(C)c(C)c2)cc1.Cc1ccc(C=Cc2ccc(C)c(C)c2)cc1.Cc1ccc(C=Cc2ccc(C)cc2C)cc1.Cc1ccc(C=Cc2ccc(C)cc2C)cc1.Cc1ccc(N=Nc2ccc(C)c(C)c2)cc1.Cc1ccc(N=Nc2ccc(C)cc2C)cc1. The standard InChI is InChI=1S/2C18H18O.4C17H18.2C15H16N2/c1-13-4-8-17(9-5-13)18(19)11-10-16-7-6-14(2)12-15(16)3;1-13-4-7-16(8-5-13)9-11-18(19)17-10-6-14(2)15(3)12-17;2*1-13-4-7-16(8-5-13)9-11-17-10-6-14(2)12-15(17)3;2*1-13-4-7-16(8-5-13)10-11-17-9-6-14(2)15(3)12-17;1-11-4-7-14(8-5-11)16-17-15-9-6-12(2)13(3)10-15;1-11-4-7-14(8-5-11)16-17-15-9-6-12(2)10-13(15)3/h2*4-12H,1-3H3;4*4-12H,1-3H3;2*4-10H,1-3H3. The van der Waals surface area contributed by atoms with Gasteiger partial charge in [-0.05, 0) is 349 Å². The minimum atomic E-state index is 0.0416. The van der Waals surface area contributed by atoms with Gasteiger partial charge in [0.25, 0.3) is 0 Å². The Morgan fingerprint density at radius 3 is 0.736 bits per heavy atom. The lowest BCUT2D eigenvalue weighted by Crippen LogP contribution is -1.95. The molecule has 6 heteroatoms. The molecule has 0 amide bonds. The number of carbonyl (C=O) groups is 2. The van der Waals surface area contributed by atoms with Crippen molar-refractivity contribution in [2.45, 2.75) is 166 Å². The molecule has 0 heterocycles. The van der Waals surface area contributed by atoms with Crippen molar-refractivity contribution < 1.29 is 9.59 Å². The van der Waals surface area contributed by atoms with E-state index in [9.17, 15) is 9.59 Å². The van der Waals surface area contributed by atoms with Crippen LogP contribution in [-0.2, 0) is 0 Å². The van der Waals surface area contributed by atoms with E-state index in [2.05, 4.69) is 408 Å². The monoisotopic (exact) mass is 1840 g/mol. The fourth-order valence-electron chi connectivity index (χ4n) is 14.2. The Labute approximate surface area is 837 Å². The second-order valence-electron chi connectivity index (χ2n) is 36.8. The molecule has 0 atom stereocenters. The number of rotatable bonds is 18. The lowest BCUT2D eigenvalue weighted by molar-refractivity contribution is 0.103. The average molecular weight is 1840 g/mol. The van der Waals surface area contributed by atoms with Gasteiger partial charge in [0.05, 0.1) is 22.7 Å². The summed E-state index contributed by atoms with van der Waals surface area (Å²) in [5, 5.41) is 17.0. The summed E-state index contributed by atoms with van der Waals surface area (Å²) in [5.74, 6) is 0.0867. The topological polar surface area (TPSA) is 83.6 Å². The van der Waals surface area contributed by atoms with Gasteiger partial charge in [-0.2, -0.15) is 20.5 Å². The van der Waals surface area contributed by atoms with Crippen LogP contribution in [0.4, 0.5) is 22.7 Å². The van der Waals surface area contributed by atoms with Crippen LogP contribution in [0, 0.1) is 166 Å². The summed E-state index contributed by atoms with van der Waals surface area (Å²) in [6.45, 7) is 50.3. The fraction of sp³-hybridized carbons (Fsp3) is 0.179. The first-order valence-corrected chi connectivity index (χ1v) is 48.1. The second kappa shape index (κ2) is 55.6. The molecule has 16 aromatic carbocycles. The summed E-state index contributed by atoms with van der Waals surface area (Å²) in [6, 6.07) is 117. The first kappa shape index (κ1) is 108. The third-order valence-electron chi connectivity index (χ3n) is 24.0. The molecule has 16 aromatic rings. The molecule has 0 saturated carbocycles. The lowest BCUT2D eigenvalue weighted by Gasteiger charge is -2.02. The Bertz CT molecular complexity index is 6500. The van der Waals surface area contributed by atoms with Crippen LogP contribution in [-0.4, -0.2) is 11.6 Å². The van der Waals surface area contributed by atoms with Gasteiger partial charge < -0.3 is 0 Å². The highest BCUT2D eigenvalue weighted by molar-refractivity contribution is 6.07. The lowest BCUT2D eigenvalue weighted by atomic mass is 10.0. The van der Waals surface area contributed by atoms with Crippen molar-refractivity contribution in [2.24, 2.45) is 20.5 Å². The highest BCUT2D eigenvalue weighted by atomic mass is 16.1. The molecule has 0 aliphatic rings. The maximum absolute atomic E-state index is 12.1. The number of allylic oxidation sites excluding steroid dienone is 2. The molecule has 0 spiro atoms. The van der Waals surface area contributed by atoms with Gasteiger partial charge in [0.1, 0.15) is 0 Å². The van der Waals surface area contributed by atoms with Crippen molar-refractivity contribution >= 4 is 95.1 Å². The Morgan fingerprint density at radius 2 is 0.393 bits per heavy atom. The quantitative estimate of drug-likeness (QED) is 0.0371. The molecule has 0 bridgehead atoms. The first-order valence-electron chi connectivity index (χ1n) is 48.1. The van der Waals surface area contributed by atoms with Gasteiger partial charge in [0.2, 0.25) is 0 Å². The summed E-state index contributed by atoms with van der Waals surface area (Å²) < 4.78 is 0. The number of nitrogens with zero attached hydrogens (tertiary/aromatic N) is 4. The van der Waals surface area contributed by atoms with Crippen LogP contribution in [0.1, 0.15) is 210 Å². The van der Waals surface area contributed by atoms with E-state index >= 15 is 0 Å². The molecular formula is C134H140N4O2. The molecule has 0 radical (unpaired) electrons. The van der Waals surface area contributed by atoms with E-state index < -0.39 is 0 Å². The van der Waals surface area contributed by atoms with Gasteiger partial charge in [-0.25, -0.2) is 0 Å². The normalized spacial score (nSPS) is 11.0. The highest BCUT2D eigenvalue weighted by Gasteiger charge is 2.08. The highest BCUT2D eigenvalue weighted by Crippen LogP contribution is 2.27. The van der Waals surface area contributed by atoms with Crippen molar-refractivity contribution in [2.75, 3.05) is 0 Å². The molecule has 0 saturated heterocycles. The Kier molecular flexibility index (Phi) is 43.0. The molecule has 16 rings (SSSR count). The second-order valence-corrected chi connectivity index (χ2v) is 36.8. The fourth-order valence-corrected chi connectivity index (χ4v) is 14.2. The maximum atomic E-state index is 12.1. The number of hydrogen-bond acceptors (Lipinski definition) is 6. The van der Waals surface area contributed by atoms with Crippen molar-refractivity contribution in [3.05, 3.63) is 552 Å². The Hall–Kier alpha value is -15.5. The average Bonchev–Trinajstić information content (AvgIpc) is 0.855. The minimum absolute atomic E-state index is 0.0416. The van der Waals surface area contributed by atoms with Crippen molar-refractivity contribution in [1.82, 2.24) is 0 Å². The number of benzene rings is 16. The zero-order valence-corrected chi connectivity index (χ0v) is 86.9. The van der Waals surface area contributed by atoms with E-state index in [1.165, 1.54) is 161 Å². The van der Waals surface area contributed by atoms with Crippen LogP contribution in [0.15, 0.2) is 372 Å². The Morgan fingerprint density at radius 1 is 0.157 bits per heavy atom. The zero-order chi connectivity index (χ0) is 101. The molecule has 0 aliphatic heterocycles. The van der Waals surface area contributed by atoms with Gasteiger partial charge in [-0.3, -0.25) is 9.59 Å². The molecule has 140 heavy (non-hydrogen) atoms. The number of azo groups is 2. The maximum Gasteiger partial charge on any atom is 0.185 e.